The summed E-state index contributed by atoms with van der Waals surface area (Å²) in [5.41, 5.74) is 1.32. The number of benzene rings is 1. The van der Waals surface area contributed by atoms with Gasteiger partial charge in [0.25, 0.3) is 0 Å². The van der Waals surface area contributed by atoms with Crippen LogP contribution in [0.25, 0.3) is 0 Å². The van der Waals surface area contributed by atoms with Crippen molar-refractivity contribution in [3.05, 3.63) is 24.3 Å². The van der Waals surface area contributed by atoms with Crippen molar-refractivity contribution in [3.8, 4) is 5.75 Å². The van der Waals surface area contributed by atoms with Gasteiger partial charge in [0.15, 0.2) is 0 Å². The number of anilines is 1. The normalized spacial score (nSPS) is 21.9. The van der Waals surface area contributed by atoms with Gasteiger partial charge >= 0.3 is 0 Å². The van der Waals surface area contributed by atoms with E-state index >= 15 is 0 Å². The summed E-state index contributed by atoms with van der Waals surface area (Å²) in [6.07, 6.45) is 2.60. The van der Waals surface area contributed by atoms with Crippen molar-refractivity contribution in [2.45, 2.75) is 18.9 Å². The average Bonchev–Trinajstić information content (AvgIpc) is 2.50. The van der Waals surface area contributed by atoms with Crippen LogP contribution in [0.3, 0.4) is 0 Å². The van der Waals surface area contributed by atoms with E-state index in [0.717, 1.165) is 57.9 Å². The van der Waals surface area contributed by atoms with Crippen molar-refractivity contribution >= 4 is 5.69 Å². The lowest BCUT2D eigenvalue weighted by molar-refractivity contribution is 0.162. The Kier molecular flexibility index (Phi) is 4.43. The SMILES string of the molecule is CN1CCN(c2ccc(OC3CCNCC3)cc2)CC1. The molecular formula is C16H25N3O. The number of piperazine rings is 1. The Bertz CT molecular complexity index is 406. The summed E-state index contributed by atoms with van der Waals surface area (Å²) in [6.45, 7) is 6.67. The summed E-state index contributed by atoms with van der Waals surface area (Å²) in [4.78, 5) is 4.83. The van der Waals surface area contributed by atoms with E-state index in [1.54, 1.807) is 0 Å². The van der Waals surface area contributed by atoms with Gasteiger partial charge in [0.05, 0.1) is 0 Å². The first-order valence-electron chi connectivity index (χ1n) is 7.72. The lowest BCUT2D eigenvalue weighted by Gasteiger charge is -2.34. The topological polar surface area (TPSA) is 27.7 Å². The molecule has 20 heavy (non-hydrogen) atoms. The molecule has 0 saturated carbocycles. The molecule has 2 fully saturated rings. The van der Waals surface area contributed by atoms with E-state index in [4.69, 9.17) is 4.74 Å². The molecule has 110 valence electrons. The second-order valence-corrected chi connectivity index (χ2v) is 5.85. The number of ether oxygens (including phenoxy) is 1. The number of likely N-dealkylation sites (N-methyl/N-ethyl adjacent to an activating group) is 1. The van der Waals surface area contributed by atoms with Crippen LogP contribution in [0.2, 0.25) is 0 Å². The molecule has 2 aliphatic heterocycles. The van der Waals surface area contributed by atoms with Crippen LogP contribution in [-0.2, 0) is 0 Å². The van der Waals surface area contributed by atoms with Gasteiger partial charge in [-0.1, -0.05) is 0 Å². The molecule has 0 aromatic heterocycles. The summed E-state index contributed by atoms with van der Waals surface area (Å²) in [7, 11) is 2.19. The fraction of sp³-hybridized carbons (Fsp3) is 0.625. The fourth-order valence-corrected chi connectivity index (χ4v) is 2.91. The van der Waals surface area contributed by atoms with E-state index in [1.807, 2.05) is 0 Å². The highest BCUT2D eigenvalue weighted by Crippen LogP contribution is 2.22. The maximum Gasteiger partial charge on any atom is 0.119 e. The van der Waals surface area contributed by atoms with Gasteiger partial charge in [-0.15, -0.1) is 0 Å². The zero-order valence-corrected chi connectivity index (χ0v) is 12.3. The van der Waals surface area contributed by atoms with Crippen LogP contribution >= 0.6 is 0 Å². The standard InChI is InChI=1S/C16H25N3O/c1-18-10-12-19(13-11-18)14-2-4-15(5-3-14)20-16-6-8-17-9-7-16/h2-5,16-17H,6-13H2,1H3. The minimum absolute atomic E-state index is 0.380. The van der Waals surface area contributed by atoms with Crippen LogP contribution in [-0.4, -0.2) is 57.3 Å². The van der Waals surface area contributed by atoms with Gasteiger partial charge in [-0.3, -0.25) is 0 Å². The van der Waals surface area contributed by atoms with Crippen LogP contribution < -0.4 is 15.0 Å². The van der Waals surface area contributed by atoms with E-state index in [9.17, 15) is 0 Å². The average molecular weight is 275 g/mol. The van der Waals surface area contributed by atoms with Crippen LogP contribution in [0.1, 0.15) is 12.8 Å². The first-order valence-corrected chi connectivity index (χ1v) is 7.72. The number of nitrogens with one attached hydrogen (secondary N) is 1. The minimum Gasteiger partial charge on any atom is -0.490 e. The van der Waals surface area contributed by atoms with Crippen LogP contribution in [0, 0.1) is 0 Å². The van der Waals surface area contributed by atoms with Crippen LogP contribution in [0.4, 0.5) is 5.69 Å². The molecule has 0 aliphatic carbocycles. The van der Waals surface area contributed by atoms with Crippen molar-refractivity contribution in [1.82, 2.24) is 10.2 Å². The third kappa shape index (κ3) is 3.44. The third-order valence-corrected chi connectivity index (χ3v) is 4.29. The molecule has 0 radical (unpaired) electrons. The van der Waals surface area contributed by atoms with Gasteiger partial charge in [0.1, 0.15) is 11.9 Å². The molecule has 1 N–H and O–H groups in total. The van der Waals surface area contributed by atoms with Crippen molar-refractivity contribution in [2.75, 3.05) is 51.2 Å². The first-order chi connectivity index (χ1) is 9.81. The largest absolute Gasteiger partial charge is 0.490 e. The van der Waals surface area contributed by atoms with Gasteiger partial charge < -0.3 is 19.9 Å². The number of hydrogen-bond donors (Lipinski definition) is 1. The van der Waals surface area contributed by atoms with E-state index < -0.39 is 0 Å². The van der Waals surface area contributed by atoms with Crippen molar-refractivity contribution in [1.29, 1.82) is 0 Å². The number of nitrogens with zero attached hydrogens (tertiary/aromatic N) is 2. The summed E-state index contributed by atoms with van der Waals surface area (Å²) in [5.74, 6) is 1.01. The fourth-order valence-electron chi connectivity index (χ4n) is 2.91. The molecule has 2 saturated heterocycles. The molecular weight excluding hydrogens is 250 g/mol. The maximum absolute atomic E-state index is 6.05. The third-order valence-electron chi connectivity index (χ3n) is 4.29. The van der Waals surface area contributed by atoms with Crippen molar-refractivity contribution < 1.29 is 4.74 Å². The van der Waals surface area contributed by atoms with Crippen molar-refractivity contribution in [3.63, 3.8) is 0 Å². The lowest BCUT2D eigenvalue weighted by Crippen LogP contribution is -2.44. The van der Waals surface area contributed by atoms with Gasteiger partial charge in [0, 0.05) is 31.9 Å². The van der Waals surface area contributed by atoms with Gasteiger partial charge in [-0.25, -0.2) is 0 Å². The highest BCUT2D eigenvalue weighted by Gasteiger charge is 2.16. The molecule has 0 bridgehead atoms. The van der Waals surface area contributed by atoms with Crippen LogP contribution in [0.5, 0.6) is 5.75 Å². The van der Waals surface area contributed by atoms with Gasteiger partial charge in [-0.2, -0.15) is 0 Å². The molecule has 2 heterocycles. The number of piperidine rings is 1. The molecule has 3 rings (SSSR count). The minimum atomic E-state index is 0.380. The summed E-state index contributed by atoms with van der Waals surface area (Å²) in [5, 5.41) is 3.37. The highest BCUT2D eigenvalue weighted by atomic mass is 16.5. The maximum atomic E-state index is 6.05. The Morgan fingerprint density at radius 1 is 1.00 bits per heavy atom. The molecule has 4 nitrogen and oxygen atoms in total. The lowest BCUT2D eigenvalue weighted by atomic mass is 10.1. The Morgan fingerprint density at radius 2 is 1.65 bits per heavy atom. The smallest absolute Gasteiger partial charge is 0.119 e. The molecule has 2 aliphatic rings. The Balaban J connectivity index is 1.56. The number of rotatable bonds is 3. The summed E-state index contributed by atoms with van der Waals surface area (Å²) < 4.78 is 6.05. The van der Waals surface area contributed by atoms with Crippen LogP contribution in [0.15, 0.2) is 24.3 Å². The van der Waals surface area contributed by atoms with Gasteiger partial charge in [0.2, 0.25) is 0 Å². The zero-order valence-electron chi connectivity index (χ0n) is 12.3. The number of hydrogen-bond acceptors (Lipinski definition) is 4. The predicted octanol–water partition coefficient (Wildman–Crippen LogP) is 1.57. The summed E-state index contributed by atoms with van der Waals surface area (Å²) >= 11 is 0. The van der Waals surface area contributed by atoms with Crippen molar-refractivity contribution in [2.24, 2.45) is 0 Å². The monoisotopic (exact) mass is 275 g/mol. The Hall–Kier alpha value is -1.26. The highest BCUT2D eigenvalue weighted by molar-refractivity contribution is 5.49. The molecule has 0 spiro atoms. The predicted molar refractivity (Wildman–Crippen MR) is 82.7 cm³/mol. The summed E-state index contributed by atoms with van der Waals surface area (Å²) in [6, 6.07) is 8.63. The van der Waals surface area contributed by atoms with E-state index in [0.29, 0.717) is 6.10 Å². The second kappa shape index (κ2) is 6.46. The molecule has 1 aromatic rings. The Labute approximate surface area is 121 Å². The zero-order chi connectivity index (χ0) is 13.8. The molecule has 0 amide bonds. The molecule has 0 atom stereocenters. The molecule has 0 unspecified atom stereocenters. The molecule has 1 aromatic carbocycles. The first kappa shape index (κ1) is 13.7. The quantitative estimate of drug-likeness (QED) is 0.906. The Morgan fingerprint density at radius 3 is 2.30 bits per heavy atom. The van der Waals surface area contributed by atoms with E-state index in [2.05, 4.69) is 46.4 Å². The van der Waals surface area contributed by atoms with Gasteiger partial charge in [-0.05, 0) is 57.2 Å². The van der Waals surface area contributed by atoms with E-state index in [1.165, 1.54) is 5.69 Å². The molecule has 4 heteroatoms. The second-order valence-electron chi connectivity index (χ2n) is 5.85. The van der Waals surface area contributed by atoms with E-state index in [-0.39, 0.29) is 0 Å².